The third-order valence-corrected chi connectivity index (χ3v) is 5.03. The van der Waals surface area contributed by atoms with Crippen molar-refractivity contribution >= 4 is 11.9 Å². The lowest BCUT2D eigenvalue weighted by atomic mass is 10.2. The van der Waals surface area contributed by atoms with Crippen LogP contribution >= 0.6 is 11.9 Å². The first-order chi connectivity index (χ1) is 11.2. The lowest BCUT2D eigenvalue weighted by molar-refractivity contribution is 0.0485. The van der Waals surface area contributed by atoms with Crippen LogP contribution < -0.4 is 9.47 Å². The topological polar surface area (TPSA) is 21.7 Å². The molecule has 0 bridgehead atoms. The largest absolute Gasteiger partial charge is 0.447 e. The van der Waals surface area contributed by atoms with E-state index in [0.29, 0.717) is 22.0 Å². The molecule has 0 aliphatic carbocycles. The molecule has 1 atom stereocenters. The van der Waals surface area contributed by atoms with Crippen molar-refractivity contribution < 1.29 is 18.3 Å². The first kappa shape index (κ1) is 14.8. The summed E-state index contributed by atoms with van der Waals surface area (Å²) in [6, 6.07) is 8.93. The Hall–Kier alpha value is -1.79. The molecule has 120 valence electrons. The van der Waals surface area contributed by atoms with E-state index in [2.05, 4.69) is 4.31 Å². The smallest absolute Gasteiger partial charge is 0.267 e. The van der Waals surface area contributed by atoms with Gasteiger partial charge in [0.05, 0.1) is 4.90 Å². The van der Waals surface area contributed by atoms with Crippen molar-refractivity contribution in [1.82, 2.24) is 4.31 Å². The molecule has 3 nitrogen and oxygen atoms in total. The molecule has 1 fully saturated rings. The van der Waals surface area contributed by atoms with Gasteiger partial charge in [0.25, 0.3) is 6.29 Å². The molecule has 0 N–H and O–H groups in total. The van der Waals surface area contributed by atoms with Crippen LogP contribution in [0.1, 0.15) is 24.7 Å². The Morgan fingerprint density at radius 3 is 2.30 bits per heavy atom. The quantitative estimate of drug-likeness (QED) is 0.768. The molecule has 1 unspecified atom stereocenters. The predicted octanol–water partition coefficient (Wildman–Crippen LogP) is 4.54. The number of hydrogen-bond acceptors (Lipinski definition) is 4. The van der Waals surface area contributed by atoms with Gasteiger partial charge >= 0.3 is 0 Å². The minimum atomic E-state index is -0.669. The van der Waals surface area contributed by atoms with E-state index in [1.807, 2.05) is 0 Å². The molecule has 2 aromatic rings. The zero-order valence-electron chi connectivity index (χ0n) is 12.3. The maximum Gasteiger partial charge on any atom is 0.267 e. The van der Waals surface area contributed by atoms with Gasteiger partial charge in [-0.15, -0.1) is 0 Å². The van der Waals surface area contributed by atoms with Gasteiger partial charge in [0.2, 0.25) is 0 Å². The molecule has 0 amide bonds. The fourth-order valence-electron chi connectivity index (χ4n) is 2.70. The fraction of sp³-hybridized carbons (Fsp3) is 0.294. The normalized spacial score (nSPS) is 20.2. The highest BCUT2D eigenvalue weighted by Gasteiger charge is 2.28. The maximum absolute atomic E-state index is 14.2. The fourth-order valence-corrected chi connectivity index (χ4v) is 3.72. The summed E-state index contributed by atoms with van der Waals surface area (Å²) >= 11 is 1.42. The lowest BCUT2D eigenvalue weighted by Crippen LogP contribution is -2.09. The average molecular weight is 335 g/mol. The molecule has 23 heavy (non-hydrogen) atoms. The first-order valence-electron chi connectivity index (χ1n) is 7.54. The van der Waals surface area contributed by atoms with E-state index < -0.39 is 6.29 Å². The summed E-state index contributed by atoms with van der Waals surface area (Å²) in [5.41, 5.74) is 0.691. The van der Waals surface area contributed by atoms with Crippen LogP contribution in [-0.2, 0) is 0 Å². The molecule has 0 radical (unpaired) electrons. The van der Waals surface area contributed by atoms with Gasteiger partial charge in [-0.25, -0.2) is 13.1 Å². The van der Waals surface area contributed by atoms with Crippen LogP contribution in [0.4, 0.5) is 8.78 Å². The molecule has 0 aromatic heterocycles. The molecular formula is C17H15F2NO2S. The molecule has 6 heteroatoms. The van der Waals surface area contributed by atoms with Crippen LogP contribution in [-0.4, -0.2) is 17.4 Å². The summed E-state index contributed by atoms with van der Waals surface area (Å²) in [6.07, 6.45) is 1.62. The van der Waals surface area contributed by atoms with Crippen molar-refractivity contribution in [2.45, 2.75) is 24.0 Å². The lowest BCUT2D eigenvalue weighted by Gasteiger charge is -2.13. The van der Waals surface area contributed by atoms with Crippen LogP contribution in [0.5, 0.6) is 11.5 Å². The summed E-state index contributed by atoms with van der Waals surface area (Å²) < 4.78 is 40.8. The average Bonchev–Trinajstić information content (AvgIpc) is 3.18. The van der Waals surface area contributed by atoms with E-state index in [1.54, 1.807) is 18.2 Å². The molecule has 1 saturated heterocycles. The third-order valence-electron chi connectivity index (χ3n) is 3.90. The second kappa shape index (κ2) is 6.02. The molecule has 2 aliphatic rings. The van der Waals surface area contributed by atoms with Crippen molar-refractivity contribution in [1.29, 1.82) is 0 Å². The highest BCUT2D eigenvalue weighted by Crippen LogP contribution is 2.44. The van der Waals surface area contributed by atoms with Gasteiger partial charge in [-0.2, -0.15) is 0 Å². The molecule has 2 aliphatic heterocycles. The second-order valence-corrected chi connectivity index (χ2v) is 6.71. The standard InChI is InChI=1S/C17H15F2NO2S/c18-12-5-3-11(4-6-12)17-21-14-9-13(19)16(10-15(14)22-17)23-20-7-1-2-8-20/h3-6,9-10,17H,1-2,7-8H2. The molecule has 0 spiro atoms. The minimum Gasteiger partial charge on any atom is -0.447 e. The van der Waals surface area contributed by atoms with E-state index in [9.17, 15) is 8.78 Å². The Labute approximate surface area is 137 Å². The zero-order chi connectivity index (χ0) is 15.8. The van der Waals surface area contributed by atoms with E-state index in [-0.39, 0.29) is 11.6 Å². The number of fused-ring (bicyclic) bond motifs is 1. The van der Waals surface area contributed by atoms with Gasteiger partial charge in [-0.1, -0.05) is 0 Å². The maximum atomic E-state index is 14.2. The number of ether oxygens (including phenoxy) is 2. The Balaban J connectivity index is 1.55. The molecule has 4 rings (SSSR count). The van der Waals surface area contributed by atoms with Gasteiger partial charge in [0.15, 0.2) is 11.5 Å². The molecular weight excluding hydrogens is 320 g/mol. The Morgan fingerprint density at radius 2 is 1.61 bits per heavy atom. The second-order valence-electron chi connectivity index (χ2n) is 5.58. The van der Waals surface area contributed by atoms with Crippen LogP contribution in [0.25, 0.3) is 0 Å². The number of hydrogen-bond donors (Lipinski definition) is 0. The molecule has 2 aromatic carbocycles. The summed E-state index contributed by atoms with van der Waals surface area (Å²) in [5.74, 6) is 0.258. The SMILES string of the molecule is Fc1ccc(C2Oc3cc(F)c(SN4CCCC4)cc3O2)cc1. The van der Waals surface area contributed by atoms with Gasteiger partial charge in [-0.3, -0.25) is 0 Å². The Bertz CT molecular complexity index is 717. The van der Waals surface area contributed by atoms with Gasteiger partial charge in [0.1, 0.15) is 11.6 Å². The summed E-state index contributed by atoms with van der Waals surface area (Å²) in [5, 5.41) is 0. The molecule has 0 saturated carbocycles. The van der Waals surface area contributed by atoms with Crippen molar-refractivity contribution in [3.05, 3.63) is 53.6 Å². The van der Waals surface area contributed by atoms with Crippen molar-refractivity contribution in [3.63, 3.8) is 0 Å². The number of benzene rings is 2. The van der Waals surface area contributed by atoms with Crippen molar-refractivity contribution in [2.75, 3.05) is 13.1 Å². The van der Waals surface area contributed by atoms with Crippen LogP contribution in [0.3, 0.4) is 0 Å². The van der Waals surface area contributed by atoms with Crippen LogP contribution in [0, 0.1) is 11.6 Å². The van der Waals surface area contributed by atoms with Crippen LogP contribution in [0.15, 0.2) is 41.3 Å². The number of nitrogens with zero attached hydrogens (tertiary/aromatic N) is 1. The van der Waals surface area contributed by atoms with Gasteiger partial charge < -0.3 is 9.47 Å². The Kier molecular flexibility index (Phi) is 3.87. The van der Waals surface area contributed by atoms with Gasteiger partial charge in [0, 0.05) is 30.8 Å². The van der Waals surface area contributed by atoms with E-state index >= 15 is 0 Å². The summed E-state index contributed by atoms with van der Waals surface area (Å²) in [7, 11) is 0. The summed E-state index contributed by atoms with van der Waals surface area (Å²) in [6.45, 7) is 1.94. The van der Waals surface area contributed by atoms with Gasteiger partial charge in [-0.05, 0) is 49.1 Å². The monoisotopic (exact) mass is 335 g/mol. The van der Waals surface area contributed by atoms with Crippen molar-refractivity contribution in [2.24, 2.45) is 0 Å². The van der Waals surface area contributed by atoms with E-state index in [1.165, 1.54) is 30.1 Å². The van der Waals surface area contributed by atoms with E-state index in [4.69, 9.17) is 9.47 Å². The zero-order valence-corrected chi connectivity index (χ0v) is 13.1. The van der Waals surface area contributed by atoms with Crippen molar-refractivity contribution in [3.8, 4) is 11.5 Å². The molecule has 2 heterocycles. The Morgan fingerprint density at radius 1 is 0.957 bits per heavy atom. The summed E-state index contributed by atoms with van der Waals surface area (Å²) in [4.78, 5) is 0.536. The first-order valence-corrected chi connectivity index (χ1v) is 8.31. The highest BCUT2D eigenvalue weighted by molar-refractivity contribution is 7.97. The predicted molar refractivity (Wildman–Crippen MR) is 83.5 cm³/mol. The van der Waals surface area contributed by atoms with E-state index in [0.717, 1.165) is 25.9 Å². The third kappa shape index (κ3) is 3.01. The number of rotatable bonds is 3. The number of halogens is 2. The minimum absolute atomic E-state index is 0.316. The highest BCUT2D eigenvalue weighted by atomic mass is 32.2. The van der Waals surface area contributed by atoms with Crippen LogP contribution in [0.2, 0.25) is 0 Å².